The van der Waals surface area contributed by atoms with Crippen LogP contribution in [0.15, 0.2) is 0 Å². The number of nitrogens with zero attached hydrogens (tertiary/aromatic N) is 1. The van der Waals surface area contributed by atoms with E-state index in [2.05, 4.69) is 0 Å². The highest BCUT2D eigenvalue weighted by Crippen LogP contribution is 2.11. The van der Waals surface area contributed by atoms with Gasteiger partial charge in [0.1, 0.15) is 0 Å². The van der Waals surface area contributed by atoms with Gasteiger partial charge in [-0.2, -0.15) is 0 Å². The van der Waals surface area contributed by atoms with Gasteiger partial charge in [0.05, 0.1) is 0 Å². The van der Waals surface area contributed by atoms with Crippen LogP contribution >= 0.6 is 0 Å². The van der Waals surface area contributed by atoms with Crippen molar-refractivity contribution in [3.8, 4) is 0 Å². The molecule has 0 aromatic carbocycles. The molecule has 0 spiro atoms. The van der Waals surface area contributed by atoms with Crippen LogP contribution in [0.4, 0.5) is 0 Å². The molecule has 1 amide bonds. The zero-order chi connectivity index (χ0) is 8.43. The van der Waals surface area contributed by atoms with Crippen LogP contribution in [0.2, 0.25) is 0 Å². The highest BCUT2D eigenvalue weighted by molar-refractivity contribution is 5.84. The molecule has 0 aliphatic carbocycles. The van der Waals surface area contributed by atoms with Crippen molar-refractivity contribution in [3.63, 3.8) is 0 Å². The van der Waals surface area contributed by atoms with Gasteiger partial charge in [-0.1, -0.05) is 0 Å². The molecule has 1 heterocycles. The predicted octanol–water partition coefficient (Wildman–Crippen LogP) is -0.220. The summed E-state index contributed by atoms with van der Waals surface area (Å²) in [6.07, 6.45) is 0.0899. The Balaban J connectivity index is 2.49. The van der Waals surface area contributed by atoms with Gasteiger partial charge in [-0.25, -0.2) is 0 Å². The van der Waals surface area contributed by atoms with Gasteiger partial charge in [-0.15, -0.1) is 0 Å². The zero-order valence-electron chi connectivity index (χ0n) is 6.66. The lowest BCUT2D eigenvalue weighted by atomic mass is 10.3. The summed E-state index contributed by atoms with van der Waals surface area (Å²) in [5.74, 6) is -0.487. The Bertz CT molecular complexity index is 190. The van der Waals surface area contributed by atoms with Crippen molar-refractivity contribution in [1.29, 1.82) is 0 Å². The van der Waals surface area contributed by atoms with E-state index in [1.807, 2.05) is 0 Å². The minimum atomic E-state index is -0.530. The van der Waals surface area contributed by atoms with Crippen LogP contribution in [0, 0.1) is 0 Å². The van der Waals surface area contributed by atoms with E-state index in [9.17, 15) is 9.59 Å². The first-order chi connectivity index (χ1) is 5.11. The van der Waals surface area contributed by atoms with Crippen molar-refractivity contribution in [2.24, 2.45) is 0 Å². The van der Waals surface area contributed by atoms with Gasteiger partial charge in [0, 0.05) is 26.9 Å². The molecule has 62 valence electrons. The third kappa shape index (κ3) is 1.69. The molecule has 1 aliphatic heterocycles. The summed E-state index contributed by atoms with van der Waals surface area (Å²) in [5, 5.41) is 0. The number of rotatable bonds is 1. The fourth-order valence-corrected chi connectivity index (χ4v) is 1.10. The summed E-state index contributed by atoms with van der Waals surface area (Å²) in [7, 11) is 1.70. The molecule has 0 saturated carbocycles. The molecule has 0 bridgehead atoms. The van der Waals surface area contributed by atoms with Crippen LogP contribution < -0.4 is 0 Å². The lowest BCUT2D eigenvalue weighted by molar-refractivity contribution is -0.153. The van der Waals surface area contributed by atoms with Crippen LogP contribution in [0.1, 0.15) is 13.3 Å². The first kappa shape index (κ1) is 8.04. The number of esters is 1. The van der Waals surface area contributed by atoms with E-state index in [1.165, 1.54) is 6.92 Å². The van der Waals surface area contributed by atoms with Gasteiger partial charge in [0.15, 0.2) is 6.10 Å². The van der Waals surface area contributed by atoms with Gasteiger partial charge in [-0.3, -0.25) is 9.59 Å². The summed E-state index contributed by atoms with van der Waals surface area (Å²) in [5.41, 5.74) is 0. The van der Waals surface area contributed by atoms with Crippen LogP contribution in [0.5, 0.6) is 0 Å². The molecular weight excluding hydrogens is 146 g/mol. The third-order valence-corrected chi connectivity index (χ3v) is 1.69. The minimum Gasteiger partial charge on any atom is -0.452 e. The maximum absolute atomic E-state index is 11.1. The van der Waals surface area contributed by atoms with Gasteiger partial charge in [0.25, 0.3) is 5.91 Å². The minimum absolute atomic E-state index is 0.0970. The molecule has 4 nitrogen and oxygen atoms in total. The molecular formula is C7H11NO3. The van der Waals surface area contributed by atoms with E-state index in [4.69, 9.17) is 4.74 Å². The molecule has 0 radical (unpaired) electrons. The summed E-state index contributed by atoms with van der Waals surface area (Å²) in [4.78, 5) is 23.1. The normalized spacial score (nSPS) is 24.0. The van der Waals surface area contributed by atoms with Crippen LogP contribution in [-0.4, -0.2) is 36.5 Å². The highest BCUT2D eigenvalue weighted by Gasteiger charge is 2.31. The van der Waals surface area contributed by atoms with Crippen LogP contribution in [0.3, 0.4) is 0 Å². The molecule has 0 aromatic heterocycles. The summed E-state index contributed by atoms with van der Waals surface area (Å²) >= 11 is 0. The monoisotopic (exact) mass is 157 g/mol. The van der Waals surface area contributed by atoms with Crippen molar-refractivity contribution in [2.75, 3.05) is 13.6 Å². The first-order valence-electron chi connectivity index (χ1n) is 3.53. The molecule has 11 heavy (non-hydrogen) atoms. The Labute approximate surface area is 65.1 Å². The van der Waals surface area contributed by atoms with Gasteiger partial charge in [0.2, 0.25) is 0 Å². The Morgan fingerprint density at radius 1 is 1.73 bits per heavy atom. The van der Waals surface area contributed by atoms with Crippen molar-refractivity contribution >= 4 is 11.9 Å². The standard InChI is InChI=1S/C7H11NO3/c1-5(9)11-6-3-4-8(2)7(6)10/h6H,3-4H2,1-2H3/t6-/m0/s1. The van der Waals surface area contributed by atoms with Crippen molar-refractivity contribution in [3.05, 3.63) is 0 Å². The summed E-state index contributed by atoms with van der Waals surface area (Å²) < 4.78 is 4.76. The van der Waals surface area contributed by atoms with E-state index < -0.39 is 12.1 Å². The number of carbonyl (C=O) groups excluding carboxylic acids is 2. The Morgan fingerprint density at radius 2 is 2.36 bits per heavy atom. The Morgan fingerprint density at radius 3 is 2.73 bits per heavy atom. The summed E-state index contributed by atoms with van der Waals surface area (Å²) in [6, 6.07) is 0. The van der Waals surface area contributed by atoms with Gasteiger partial charge < -0.3 is 9.64 Å². The smallest absolute Gasteiger partial charge is 0.303 e. The lowest BCUT2D eigenvalue weighted by Gasteiger charge is -2.09. The van der Waals surface area contributed by atoms with Crippen molar-refractivity contribution < 1.29 is 14.3 Å². The van der Waals surface area contributed by atoms with Gasteiger partial charge in [-0.05, 0) is 0 Å². The fourth-order valence-electron chi connectivity index (χ4n) is 1.10. The Hall–Kier alpha value is -1.06. The van der Waals surface area contributed by atoms with Crippen molar-refractivity contribution in [1.82, 2.24) is 4.90 Å². The number of hydrogen-bond donors (Lipinski definition) is 0. The van der Waals surface area contributed by atoms with E-state index in [-0.39, 0.29) is 5.91 Å². The topological polar surface area (TPSA) is 46.6 Å². The molecule has 1 aliphatic rings. The van der Waals surface area contributed by atoms with Gasteiger partial charge >= 0.3 is 5.97 Å². The van der Waals surface area contributed by atoms with Crippen LogP contribution in [0.25, 0.3) is 0 Å². The Kier molecular flexibility index (Phi) is 2.12. The number of hydrogen-bond acceptors (Lipinski definition) is 3. The number of likely N-dealkylation sites (tertiary alicyclic amines) is 1. The van der Waals surface area contributed by atoms with E-state index in [0.29, 0.717) is 13.0 Å². The predicted molar refractivity (Wildman–Crippen MR) is 37.8 cm³/mol. The van der Waals surface area contributed by atoms with Crippen LogP contribution in [-0.2, 0) is 14.3 Å². The van der Waals surface area contributed by atoms with E-state index in [0.717, 1.165) is 0 Å². The zero-order valence-corrected chi connectivity index (χ0v) is 6.66. The maximum Gasteiger partial charge on any atom is 0.303 e. The SMILES string of the molecule is CC(=O)O[C@H]1CCN(C)C1=O. The van der Waals surface area contributed by atoms with E-state index in [1.54, 1.807) is 11.9 Å². The fraction of sp³-hybridized carbons (Fsp3) is 0.714. The molecule has 4 heteroatoms. The molecule has 0 aromatic rings. The third-order valence-electron chi connectivity index (χ3n) is 1.69. The van der Waals surface area contributed by atoms with E-state index >= 15 is 0 Å². The molecule has 1 atom stereocenters. The average molecular weight is 157 g/mol. The second-order valence-electron chi connectivity index (χ2n) is 2.65. The average Bonchev–Trinajstić information content (AvgIpc) is 2.18. The summed E-state index contributed by atoms with van der Waals surface area (Å²) in [6.45, 7) is 1.99. The quantitative estimate of drug-likeness (QED) is 0.494. The molecule has 0 N–H and O–H groups in total. The number of carbonyl (C=O) groups is 2. The number of likely N-dealkylation sites (N-methyl/N-ethyl adjacent to an activating group) is 1. The molecule has 0 unspecified atom stereocenters. The van der Waals surface area contributed by atoms with Crippen molar-refractivity contribution in [2.45, 2.75) is 19.4 Å². The maximum atomic E-state index is 11.1. The second kappa shape index (κ2) is 2.90. The molecule has 1 saturated heterocycles. The molecule has 1 fully saturated rings. The molecule has 1 rings (SSSR count). The largest absolute Gasteiger partial charge is 0.452 e. The second-order valence-corrected chi connectivity index (χ2v) is 2.65. The number of amides is 1. The highest BCUT2D eigenvalue weighted by atomic mass is 16.5. The first-order valence-corrected chi connectivity index (χ1v) is 3.53. The lowest BCUT2D eigenvalue weighted by Crippen LogP contribution is -2.28. The number of ether oxygens (including phenoxy) is 1.